The van der Waals surface area contributed by atoms with E-state index >= 15 is 0 Å². The molecule has 0 saturated heterocycles. The van der Waals surface area contributed by atoms with Gasteiger partial charge in [-0.1, -0.05) is 12.1 Å². The van der Waals surface area contributed by atoms with Crippen LogP contribution in [0.5, 0.6) is 0 Å². The van der Waals surface area contributed by atoms with E-state index in [2.05, 4.69) is 10.3 Å². The molecule has 0 saturated carbocycles. The number of fused-ring (bicyclic) bond motifs is 1. The highest BCUT2D eigenvalue weighted by Crippen LogP contribution is 2.37. The molecule has 1 N–H and O–H groups in total. The Morgan fingerprint density at radius 2 is 2.06 bits per heavy atom. The molecule has 0 fully saturated rings. The Morgan fingerprint density at radius 3 is 2.72 bits per heavy atom. The van der Waals surface area contributed by atoms with Gasteiger partial charge in [-0.3, -0.25) is 4.99 Å². The van der Waals surface area contributed by atoms with Crippen LogP contribution in [0.3, 0.4) is 0 Å². The smallest absolute Gasteiger partial charge is 0.354 e. The fourth-order valence-corrected chi connectivity index (χ4v) is 2.43. The van der Waals surface area contributed by atoms with E-state index in [0.717, 1.165) is 18.2 Å². The van der Waals surface area contributed by atoms with Crippen molar-refractivity contribution in [3.8, 4) is 0 Å². The Morgan fingerprint density at radius 1 is 1.22 bits per heavy atom. The van der Waals surface area contributed by atoms with Gasteiger partial charge >= 0.3 is 6.18 Å². The van der Waals surface area contributed by atoms with Crippen LogP contribution in [0.1, 0.15) is 16.7 Å². The summed E-state index contributed by atoms with van der Waals surface area (Å²) >= 11 is 0. The van der Waals surface area contributed by atoms with Crippen molar-refractivity contribution in [1.29, 1.82) is 0 Å². The van der Waals surface area contributed by atoms with E-state index in [9.17, 15) is 13.2 Å². The largest absolute Gasteiger partial charge is 0.416 e. The predicted molar refractivity (Wildman–Crippen MR) is 61.0 cm³/mol. The maximum absolute atomic E-state index is 12.9. The number of nitrogens with zero attached hydrogens (tertiary/aromatic N) is 2. The van der Waals surface area contributed by atoms with Crippen molar-refractivity contribution in [2.24, 2.45) is 4.99 Å². The molecule has 0 aromatic heterocycles. The first kappa shape index (κ1) is 11.4. The molecule has 18 heavy (non-hydrogen) atoms. The van der Waals surface area contributed by atoms with Crippen molar-refractivity contribution >= 4 is 5.96 Å². The number of halogens is 3. The quantitative estimate of drug-likeness (QED) is 0.767. The second-order valence-electron chi connectivity index (χ2n) is 4.43. The molecule has 2 aliphatic rings. The summed E-state index contributed by atoms with van der Waals surface area (Å²) < 4.78 is 38.6. The van der Waals surface area contributed by atoms with Gasteiger partial charge in [-0.2, -0.15) is 13.2 Å². The Kier molecular flexibility index (Phi) is 2.46. The lowest BCUT2D eigenvalue weighted by molar-refractivity contribution is -0.138. The first-order chi connectivity index (χ1) is 8.55. The summed E-state index contributed by atoms with van der Waals surface area (Å²) in [6, 6.07) is 4.36. The zero-order valence-corrected chi connectivity index (χ0v) is 9.59. The SMILES string of the molecule is FC(F)(F)c1cccc2c1CN(C1=NCCN1)C2. The molecule has 1 aromatic carbocycles. The van der Waals surface area contributed by atoms with Crippen molar-refractivity contribution in [1.82, 2.24) is 10.2 Å². The average Bonchev–Trinajstić information content (AvgIpc) is 2.95. The molecule has 0 radical (unpaired) electrons. The zero-order valence-electron chi connectivity index (χ0n) is 9.59. The van der Waals surface area contributed by atoms with E-state index in [1.54, 1.807) is 6.07 Å². The first-order valence-corrected chi connectivity index (χ1v) is 5.77. The van der Waals surface area contributed by atoms with E-state index in [0.29, 0.717) is 24.6 Å². The van der Waals surface area contributed by atoms with Gasteiger partial charge in [0.2, 0.25) is 0 Å². The standard InChI is InChI=1S/C12H12F3N3/c13-12(14,15)10-3-1-2-8-6-18(7-9(8)10)11-16-4-5-17-11/h1-3H,4-7H2,(H,16,17). The van der Waals surface area contributed by atoms with Crippen LogP contribution < -0.4 is 5.32 Å². The minimum absolute atomic E-state index is 0.275. The molecule has 0 spiro atoms. The van der Waals surface area contributed by atoms with E-state index < -0.39 is 11.7 Å². The van der Waals surface area contributed by atoms with Gasteiger partial charge in [0.15, 0.2) is 5.96 Å². The number of rotatable bonds is 0. The number of guanidine groups is 1. The summed E-state index contributed by atoms with van der Waals surface area (Å²) in [5.41, 5.74) is 0.587. The number of hydrogen-bond donors (Lipinski definition) is 1. The number of benzene rings is 1. The van der Waals surface area contributed by atoms with Gasteiger partial charge in [0.05, 0.1) is 12.1 Å². The lowest BCUT2D eigenvalue weighted by Crippen LogP contribution is -2.34. The molecule has 0 aliphatic carbocycles. The highest BCUT2D eigenvalue weighted by molar-refractivity contribution is 5.82. The Hall–Kier alpha value is -1.72. The number of aliphatic imine (C=N–C) groups is 1. The summed E-state index contributed by atoms with van der Waals surface area (Å²) in [7, 11) is 0. The molecule has 1 aromatic rings. The van der Waals surface area contributed by atoms with Crippen molar-refractivity contribution in [3.63, 3.8) is 0 Å². The van der Waals surface area contributed by atoms with E-state index in [1.165, 1.54) is 6.07 Å². The van der Waals surface area contributed by atoms with Crippen LogP contribution in [0, 0.1) is 0 Å². The molecule has 0 unspecified atom stereocenters. The fourth-order valence-electron chi connectivity index (χ4n) is 2.43. The van der Waals surface area contributed by atoms with Crippen LogP contribution in [0.25, 0.3) is 0 Å². The number of hydrogen-bond acceptors (Lipinski definition) is 3. The highest BCUT2D eigenvalue weighted by atomic mass is 19.4. The van der Waals surface area contributed by atoms with Crippen LogP contribution in [-0.4, -0.2) is 23.9 Å². The molecule has 0 bridgehead atoms. The average molecular weight is 255 g/mol. The number of nitrogens with one attached hydrogen (secondary N) is 1. The molecule has 96 valence electrons. The monoisotopic (exact) mass is 255 g/mol. The molecule has 2 aliphatic heterocycles. The fraction of sp³-hybridized carbons (Fsp3) is 0.417. The minimum atomic E-state index is -4.29. The molecular weight excluding hydrogens is 243 g/mol. The lowest BCUT2D eigenvalue weighted by atomic mass is 10.0. The molecule has 0 atom stereocenters. The number of alkyl halides is 3. The first-order valence-electron chi connectivity index (χ1n) is 5.77. The van der Waals surface area contributed by atoms with Crippen LogP contribution in [0.2, 0.25) is 0 Å². The normalized spacial score (nSPS) is 18.6. The summed E-state index contributed by atoms with van der Waals surface area (Å²) in [6.07, 6.45) is -4.29. The zero-order chi connectivity index (χ0) is 12.8. The van der Waals surface area contributed by atoms with Crippen molar-refractivity contribution in [2.45, 2.75) is 19.3 Å². The van der Waals surface area contributed by atoms with Crippen molar-refractivity contribution < 1.29 is 13.2 Å². The summed E-state index contributed by atoms with van der Waals surface area (Å²) in [5.74, 6) is 0.708. The van der Waals surface area contributed by atoms with Gasteiger partial charge in [0, 0.05) is 19.6 Å². The molecule has 0 amide bonds. The molecule has 3 rings (SSSR count). The van der Waals surface area contributed by atoms with E-state index in [-0.39, 0.29) is 6.54 Å². The summed E-state index contributed by atoms with van der Waals surface area (Å²) in [6.45, 7) is 2.21. The van der Waals surface area contributed by atoms with Crippen molar-refractivity contribution in [3.05, 3.63) is 34.9 Å². The van der Waals surface area contributed by atoms with Gasteiger partial charge in [-0.05, 0) is 17.2 Å². The van der Waals surface area contributed by atoms with Gasteiger partial charge in [0.1, 0.15) is 0 Å². The topological polar surface area (TPSA) is 27.6 Å². The third-order valence-corrected chi connectivity index (χ3v) is 3.24. The van der Waals surface area contributed by atoms with Crippen LogP contribution in [0.4, 0.5) is 13.2 Å². The Balaban J connectivity index is 1.93. The molecular formula is C12H12F3N3. The Labute approximate surface area is 102 Å². The van der Waals surface area contributed by atoms with Gasteiger partial charge < -0.3 is 10.2 Å². The van der Waals surface area contributed by atoms with E-state index in [4.69, 9.17) is 0 Å². The summed E-state index contributed by atoms with van der Waals surface area (Å²) in [5, 5.41) is 3.09. The molecule has 3 nitrogen and oxygen atoms in total. The minimum Gasteiger partial charge on any atom is -0.354 e. The predicted octanol–water partition coefficient (Wildman–Crippen LogP) is 1.98. The maximum Gasteiger partial charge on any atom is 0.416 e. The van der Waals surface area contributed by atoms with Crippen molar-refractivity contribution in [2.75, 3.05) is 13.1 Å². The lowest BCUT2D eigenvalue weighted by Gasteiger charge is -2.17. The highest BCUT2D eigenvalue weighted by Gasteiger charge is 2.37. The van der Waals surface area contributed by atoms with E-state index in [1.807, 2.05) is 4.90 Å². The molecule has 2 heterocycles. The van der Waals surface area contributed by atoms with Crippen LogP contribution >= 0.6 is 0 Å². The van der Waals surface area contributed by atoms with Gasteiger partial charge in [-0.15, -0.1) is 0 Å². The van der Waals surface area contributed by atoms with Gasteiger partial charge in [0.25, 0.3) is 0 Å². The second kappa shape index (κ2) is 3.90. The third-order valence-electron chi connectivity index (χ3n) is 3.24. The third kappa shape index (κ3) is 1.81. The molecule has 6 heteroatoms. The Bertz CT molecular complexity index is 508. The van der Waals surface area contributed by atoms with Crippen LogP contribution in [-0.2, 0) is 19.3 Å². The maximum atomic E-state index is 12.9. The second-order valence-corrected chi connectivity index (χ2v) is 4.43. The van der Waals surface area contributed by atoms with Gasteiger partial charge in [-0.25, -0.2) is 0 Å². The summed E-state index contributed by atoms with van der Waals surface area (Å²) in [4.78, 5) is 6.10. The van der Waals surface area contributed by atoms with Crippen LogP contribution in [0.15, 0.2) is 23.2 Å².